The molecule has 1 fully saturated rings. The van der Waals surface area contributed by atoms with Gasteiger partial charge >= 0.3 is 0 Å². The van der Waals surface area contributed by atoms with Crippen LogP contribution in [0, 0.1) is 12.8 Å². The Bertz CT molecular complexity index is 1000. The van der Waals surface area contributed by atoms with E-state index in [2.05, 4.69) is 0 Å². The molecule has 1 heterocycles. The third-order valence-corrected chi connectivity index (χ3v) is 8.09. The molecule has 1 aliphatic heterocycles. The van der Waals surface area contributed by atoms with E-state index in [1.807, 2.05) is 13.0 Å². The van der Waals surface area contributed by atoms with Crippen LogP contribution in [0.5, 0.6) is 0 Å². The van der Waals surface area contributed by atoms with Crippen molar-refractivity contribution < 1.29 is 18.0 Å². The highest BCUT2D eigenvalue weighted by atomic mass is 32.2. The van der Waals surface area contributed by atoms with Gasteiger partial charge in [0.25, 0.3) is 11.8 Å². The molecule has 0 spiro atoms. The maximum Gasteiger partial charge on any atom is 0.261 e. The van der Waals surface area contributed by atoms with Crippen molar-refractivity contribution in [1.82, 2.24) is 4.90 Å². The second-order valence-corrected chi connectivity index (χ2v) is 9.78. The topological polar surface area (TPSA) is 71.5 Å². The molecule has 2 aromatic carbocycles. The lowest BCUT2D eigenvalue weighted by Gasteiger charge is -2.42. The van der Waals surface area contributed by atoms with Crippen LogP contribution in [0.4, 0.5) is 0 Å². The lowest BCUT2D eigenvalue weighted by molar-refractivity contribution is 0.0418. The highest BCUT2D eigenvalue weighted by Crippen LogP contribution is 2.41. The van der Waals surface area contributed by atoms with E-state index in [1.165, 1.54) is 4.90 Å². The van der Waals surface area contributed by atoms with Gasteiger partial charge < -0.3 is 0 Å². The third kappa shape index (κ3) is 2.79. The quantitative estimate of drug-likeness (QED) is 0.760. The van der Waals surface area contributed by atoms with Crippen LogP contribution in [-0.4, -0.2) is 36.4 Å². The number of carbonyl (C=O) groups excluding carboxylic acids is 2. The minimum absolute atomic E-state index is 0.0650. The monoisotopic (exact) mass is 383 g/mol. The van der Waals surface area contributed by atoms with E-state index in [9.17, 15) is 18.0 Å². The maximum absolute atomic E-state index is 12.9. The van der Waals surface area contributed by atoms with Gasteiger partial charge in [0.1, 0.15) is 0 Å². The zero-order chi connectivity index (χ0) is 19.3. The number of rotatable bonds is 4. The summed E-state index contributed by atoms with van der Waals surface area (Å²) in [6, 6.07) is 13.5. The lowest BCUT2D eigenvalue weighted by Crippen LogP contribution is -2.51. The van der Waals surface area contributed by atoms with Gasteiger partial charge in [-0.3, -0.25) is 14.5 Å². The van der Waals surface area contributed by atoms with Crippen molar-refractivity contribution >= 4 is 21.7 Å². The van der Waals surface area contributed by atoms with Gasteiger partial charge in [0.05, 0.1) is 21.3 Å². The molecule has 27 heavy (non-hydrogen) atoms. The average Bonchev–Trinajstić information content (AvgIpc) is 2.86. The number of carbonyl (C=O) groups is 2. The average molecular weight is 383 g/mol. The van der Waals surface area contributed by atoms with E-state index in [4.69, 9.17) is 0 Å². The van der Waals surface area contributed by atoms with Crippen molar-refractivity contribution in [2.75, 3.05) is 0 Å². The van der Waals surface area contributed by atoms with Crippen molar-refractivity contribution in [1.29, 1.82) is 0 Å². The second kappa shape index (κ2) is 6.30. The number of aryl methyl sites for hydroxylation is 1. The number of hydrogen-bond donors (Lipinski definition) is 0. The molecule has 0 saturated heterocycles. The summed E-state index contributed by atoms with van der Waals surface area (Å²) in [4.78, 5) is 26.8. The summed E-state index contributed by atoms with van der Waals surface area (Å²) in [6.45, 7) is 3.59. The predicted octanol–water partition coefficient (Wildman–Crippen LogP) is 3.23. The number of sulfone groups is 1. The van der Waals surface area contributed by atoms with E-state index in [-0.39, 0.29) is 23.8 Å². The molecule has 4 rings (SSSR count). The first-order chi connectivity index (χ1) is 12.8. The first-order valence-electron chi connectivity index (χ1n) is 9.08. The Hall–Kier alpha value is -2.47. The Morgan fingerprint density at radius 1 is 0.963 bits per heavy atom. The number of hydrogen-bond acceptors (Lipinski definition) is 4. The summed E-state index contributed by atoms with van der Waals surface area (Å²) >= 11 is 0. The van der Waals surface area contributed by atoms with Crippen molar-refractivity contribution in [2.45, 2.75) is 42.9 Å². The van der Waals surface area contributed by atoms with Crippen molar-refractivity contribution in [3.63, 3.8) is 0 Å². The Kier molecular flexibility index (Phi) is 4.18. The summed E-state index contributed by atoms with van der Waals surface area (Å²) in [5.41, 5.74) is 1.78. The Labute approximate surface area is 158 Å². The van der Waals surface area contributed by atoms with Gasteiger partial charge in [-0.2, -0.15) is 0 Å². The molecule has 0 bridgehead atoms. The zero-order valence-electron chi connectivity index (χ0n) is 15.3. The SMILES string of the molecule is Cc1cccc(S(=O)(=O)C(C)C2CC(N3C(=O)c4ccccc4C3=O)C2)c1. The standard InChI is InChI=1S/C21H21NO4S/c1-13-6-5-7-17(10-13)27(25,26)14(2)15-11-16(12-15)22-20(23)18-8-3-4-9-19(18)21(22)24/h3-10,14-16H,11-12H2,1-2H3. The fourth-order valence-corrected chi connectivity index (χ4v) is 5.80. The van der Waals surface area contributed by atoms with Gasteiger partial charge in [-0.1, -0.05) is 24.3 Å². The van der Waals surface area contributed by atoms with Crippen LogP contribution in [0.15, 0.2) is 53.4 Å². The minimum Gasteiger partial charge on any atom is -0.271 e. The summed E-state index contributed by atoms with van der Waals surface area (Å²) < 4.78 is 25.8. The first kappa shape index (κ1) is 17.9. The molecule has 2 aromatic rings. The molecule has 140 valence electrons. The first-order valence-corrected chi connectivity index (χ1v) is 10.6. The number of benzene rings is 2. The van der Waals surface area contributed by atoms with Gasteiger partial charge in [0.15, 0.2) is 9.84 Å². The lowest BCUT2D eigenvalue weighted by atomic mass is 9.77. The predicted molar refractivity (Wildman–Crippen MR) is 101 cm³/mol. The zero-order valence-corrected chi connectivity index (χ0v) is 16.1. The highest BCUT2D eigenvalue weighted by molar-refractivity contribution is 7.92. The number of imide groups is 1. The molecule has 1 saturated carbocycles. The molecule has 0 radical (unpaired) electrons. The van der Waals surface area contributed by atoms with Crippen LogP contribution in [-0.2, 0) is 9.84 Å². The highest BCUT2D eigenvalue weighted by Gasteiger charge is 2.48. The van der Waals surface area contributed by atoms with Crippen LogP contribution in [0.3, 0.4) is 0 Å². The summed E-state index contributed by atoms with van der Waals surface area (Å²) in [5, 5.41) is -0.550. The van der Waals surface area contributed by atoms with Crippen molar-refractivity contribution in [2.24, 2.45) is 5.92 Å². The molecule has 1 atom stereocenters. The van der Waals surface area contributed by atoms with Gasteiger partial charge in [0, 0.05) is 6.04 Å². The van der Waals surface area contributed by atoms with E-state index < -0.39 is 15.1 Å². The van der Waals surface area contributed by atoms with E-state index in [0.717, 1.165) is 5.56 Å². The molecule has 0 N–H and O–H groups in total. The summed E-state index contributed by atoms with van der Waals surface area (Å²) in [5.74, 6) is -0.605. The molecular formula is C21H21NO4S. The Morgan fingerprint density at radius 3 is 2.11 bits per heavy atom. The van der Waals surface area contributed by atoms with Crippen LogP contribution >= 0.6 is 0 Å². The molecule has 1 aliphatic carbocycles. The number of fused-ring (bicyclic) bond motifs is 1. The largest absolute Gasteiger partial charge is 0.271 e. The summed E-state index contributed by atoms with van der Waals surface area (Å²) in [7, 11) is -3.44. The smallest absolute Gasteiger partial charge is 0.261 e. The van der Waals surface area contributed by atoms with Gasteiger partial charge in [-0.25, -0.2) is 8.42 Å². The molecule has 5 nitrogen and oxygen atoms in total. The van der Waals surface area contributed by atoms with E-state index >= 15 is 0 Å². The fraction of sp³-hybridized carbons (Fsp3) is 0.333. The minimum atomic E-state index is -3.44. The van der Waals surface area contributed by atoms with Gasteiger partial charge in [-0.15, -0.1) is 0 Å². The molecule has 2 aliphatic rings. The van der Waals surface area contributed by atoms with Crippen LogP contribution in [0.1, 0.15) is 46.0 Å². The fourth-order valence-electron chi connectivity index (χ4n) is 4.02. The Balaban J connectivity index is 1.49. The van der Waals surface area contributed by atoms with E-state index in [0.29, 0.717) is 28.9 Å². The van der Waals surface area contributed by atoms with Crippen molar-refractivity contribution in [3.05, 3.63) is 65.2 Å². The third-order valence-electron chi connectivity index (χ3n) is 5.81. The van der Waals surface area contributed by atoms with Crippen LogP contribution < -0.4 is 0 Å². The Morgan fingerprint density at radius 2 is 1.56 bits per heavy atom. The van der Waals surface area contributed by atoms with E-state index in [1.54, 1.807) is 49.4 Å². The van der Waals surface area contributed by atoms with Crippen LogP contribution in [0.25, 0.3) is 0 Å². The molecule has 1 unspecified atom stereocenters. The molecular weight excluding hydrogens is 362 g/mol. The molecule has 6 heteroatoms. The van der Waals surface area contributed by atoms with Gasteiger partial charge in [-0.05, 0) is 62.4 Å². The summed E-state index contributed by atoms with van der Waals surface area (Å²) in [6.07, 6.45) is 1.05. The van der Waals surface area contributed by atoms with Crippen LogP contribution in [0.2, 0.25) is 0 Å². The van der Waals surface area contributed by atoms with Gasteiger partial charge in [0.2, 0.25) is 0 Å². The molecule has 0 aromatic heterocycles. The second-order valence-electron chi connectivity index (χ2n) is 7.48. The normalized spacial score (nSPS) is 23.1. The maximum atomic E-state index is 12.9. The molecule has 2 amide bonds. The number of nitrogens with zero attached hydrogens (tertiary/aromatic N) is 1. The number of amides is 2. The van der Waals surface area contributed by atoms with Crippen molar-refractivity contribution in [3.8, 4) is 0 Å².